The van der Waals surface area contributed by atoms with Crippen LogP contribution >= 0.6 is 0 Å². The third-order valence-corrected chi connectivity index (χ3v) is 3.08. The van der Waals surface area contributed by atoms with Crippen LogP contribution in [0.3, 0.4) is 0 Å². The summed E-state index contributed by atoms with van der Waals surface area (Å²) < 4.78 is 0. The number of hydrogen-bond donors (Lipinski definition) is 0. The average molecular weight is 213 g/mol. The highest BCUT2D eigenvalue weighted by Crippen LogP contribution is 2.27. The van der Waals surface area contributed by atoms with E-state index in [1.54, 1.807) is 0 Å². The SMILES string of the molecule is CC.CCC1C(C)CCN1C(=O)C(C)C. The third-order valence-electron chi connectivity index (χ3n) is 3.08. The summed E-state index contributed by atoms with van der Waals surface area (Å²) in [6, 6.07) is 0.495. The van der Waals surface area contributed by atoms with E-state index in [-0.39, 0.29) is 5.92 Å². The predicted molar refractivity (Wildman–Crippen MR) is 65.8 cm³/mol. The number of carbonyl (C=O) groups excluding carboxylic acids is 1. The summed E-state index contributed by atoms with van der Waals surface area (Å²) in [5, 5.41) is 0. The lowest BCUT2D eigenvalue weighted by Crippen LogP contribution is -2.39. The summed E-state index contributed by atoms with van der Waals surface area (Å²) in [7, 11) is 0. The standard InChI is InChI=1S/C11H21NO.C2H6/c1-5-10-9(4)6-7-12(10)11(13)8(2)3;1-2/h8-10H,5-7H2,1-4H3;1-2H3. The molecule has 2 nitrogen and oxygen atoms in total. The summed E-state index contributed by atoms with van der Waals surface area (Å²) in [5.41, 5.74) is 0. The fourth-order valence-electron chi connectivity index (χ4n) is 2.24. The maximum atomic E-state index is 11.8. The Balaban J connectivity index is 0.000000921. The largest absolute Gasteiger partial charge is 0.339 e. The molecule has 1 saturated heterocycles. The first-order valence-electron chi connectivity index (χ1n) is 6.38. The van der Waals surface area contributed by atoms with Crippen LogP contribution in [0.25, 0.3) is 0 Å². The van der Waals surface area contributed by atoms with Gasteiger partial charge in [-0.15, -0.1) is 0 Å². The summed E-state index contributed by atoms with van der Waals surface area (Å²) >= 11 is 0. The van der Waals surface area contributed by atoms with E-state index in [9.17, 15) is 4.79 Å². The van der Waals surface area contributed by atoms with Crippen molar-refractivity contribution >= 4 is 5.91 Å². The van der Waals surface area contributed by atoms with E-state index in [0.717, 1.165) is 13.0 Å². The van der Waals surface area contributed by atoms with Crippen molar-refractivity contribution in [1.82, 2.24) is 4.90 Å². The highest BCUT2D eigenvalue weighted by Gasteiger charge is 2.33. The van der Waals surface area contributed by atoms with Gasteiger partial charge in [0.25, 0.3) is 0 Å². The molecule has 90 valence electrons. The molecule has 0 saturated carbocycles. The zero-order chi connectivity index (χ0) is 12.0. The molecule has 2 atom stereocenters. The van der Waals surface area contributed by atoms with Crippen molar-refractivity contribution in [1.29, 1.82) is 0 Å². The van der Waals surface area contributed by atoms with E-state index in [1.165, 1.54) is 6.42 Å². The number of rotatable bonds is 2. The quantitative estimate of drug-likeness (QED) is 0.689. The van der Waals surface area contributed by atoms with Crippen LogP contribution in [0.15, 0.2) is 0 Å². The molecular weight excluding hydrogens is 186 g/mol. The van der Waals surface area contributed by atoms with Gasteiger partial charge in [0.2, 0.25) is 5.91 Å². The Labute approximate surface area is 95.0 Å². The van der Waals surface area contributed by atoms with E-state index in [0.29, 0.717) is 17.9 Å². The monoisotopic (exact) mass is 213 g/mol. The fraction of sp³-hybridized carbons (Fsp3) is 0.923. The van der Waals surface area contributed by atoms with Gasteiger partial charge in [-0.1, -0.05) is 41.5 Å². The van der Waals surface area contributed by atoms with Gasteiger partial charge < -0.3 is 4.90 Å². The van der Waals surface area contributed by atoms with Gasteiger partial charge in [-0.25, -0.2) is 0 Å². The van der Waals surface area contributed by atoms with E-state index >= 15 is 0 Å². The molecule has 15 heavy (non-hydrogen) atoms. The van der Waals surface area contributed by atoms with Gasteiger partial charge in [0, 0.05) is 18.5 Å². The number of hydrogen-bond acceptors (Lipinski definition) is 1. The van der Waals surface area contributed by atoms with Gasteiger partial charge in [0.1, 0.15) is 0 Å². The fourth-order valence-corrected chi connectivity index (χ4v) is 2.24. The minimum Gasteiger partial charge on any atom is -0.339 e. The number of likely N-dealkylation sites (tertiary alicyclic amines) is 1. The molecule has 1 heterocycles. The Morgan fingerprint density at radius 3 is 2.33 bits per heavy atom. The van der Waals surface area contributed by atoms with Crippen LogP contribution in [0.5, 0.6) is 0 Å². The molecule has 0 bridgehead atoms. The first-order chi connectivity index (χ1) is 7.07. The molecule has 0 N–H and O–H groups in total. The summed E-state index contributed by atoms with van der Waals surface area (Å²) in [4.78, 5) is 13.9. The smallest absolute Gasteiger partial charge is 0.225 e. The maximum absolute atomic E-state index is 11.8. The first kappa shape index (κ1) is 14.5. The molecule has 1 aliphatic rings. The number of nitrogens with zero attached hydrogens (tertiary/aromatic N) is 1. The van der Waals surface area contributed by atoms with Crippen LogP contribution in [0.1, 0.15) is 54.4 Å². The Kier molecular flexibility index (Phi) is 6.62. The van der Waals surface area contributed by atoms with Crippen molar-refractivity contribution in [3.8, 4) is 0 Å². The second-order valence-electron chi connectivity index (χ2n) is 4.43. The average Bonchev–Trinajstić information content (AvgIpc) is 2.61. The van der Waals surface area contributed by atoms with Gasteiger partial charge in [-0.05, 0) is 18.8 Å². The highest BCUT2D eigenvalue weighted by molar-refractivity contribution is 5.78. The molecule has 0 spiro atoms. The second-order valence-corrected chi connectivity index (χ2v) is 4.43. The number of carbonyl (C=O) groups is 1. The molecule has 0 aromatic heterocycles. The molecule has 0 aliphatic carbocycles. The maximum Gasteiger partial charge on any atom is 0.225 e. The summed E-state index contributed by atoms with van der Waals surface area (Å²) in [6.07, 6.45) is 2.27. The Morgan fingerprint density at radius 1 is 1.40 bits per heavy atom. The first-order valence-corrected chi connectivity index (χ1v) is 6.38. The summed E-state index contributed by atoms with van der Waals surface area (Å²) in [6.45, 7) is 13.4. The van der Waals surface area contributed by atoms with Crippen molar-refractivity contribution < 1.29 is 4.79 Å². The van der Waals surface area contributed by atoms with Gasteiger partial charge in [-0.2, -0.15) is 0 Å². The van der Waals surface area contributed by atoms with E-state index in [1.807, 2.05) is 27.7 Å². The van der Waals surface area contributed by atoms with Gasteiger partial charge in [0.15, 0.2) is 0 Å². The van der Waals surface area contributed by atoms with E-state index < -0.39 is 0 Å². The Morgan fingerprint density at radius 2 is 1.93 bits per heavy atom. The highest BCUT2D eigenvalue weighted by atomic mass is 16.2. The van der Waals surface area contributed by atoms with E-state index in [2.05, 4.69) is 18.7 Å². The van der Waals surface area contributed by atoms with Crippen molar-refractivity contribution in [2.24, 2.45) is 11.8 Å². The zero-order valence-electron chi connectivity index (χ0n) is 11.2. The lowest BCUT2D eigenvalue weighted by atomic mass is 10.0. The van der Waals surface area contributed by atoms with Crippen LogP contribution < -0.4 is 0 Å². The molecule has 0 aromatic carbocycles. The van der Waals surface area contributed by atoms with Crippen LogP contribution in [-0.4, -0.2) is 23.4 Å². The lowest BCUT2D eigenvalue weighted by Gasteiger charge is -2.27. The van der Waals surface area contributed by atoms with E-state index in [4.69, 9.17) is 0 Å². The third kappa shape index (κ3) is 3.51. The number of amides is 1. The van der Waals surface area contributed by atoms with Gasteiger partial charge in [0.05, 0.1) is 0 Å². The van der Waals surface area contributed by atoms with Crippen LogP contribution in [0, 0.1) is 11.8 Å². The molecular formula is C13H27NO. The topological polar surface area (TPSA) is 20.3 Å². The normalized spacial score (nSPS) is 25.1. The van der Waals surface area contributed by atoms with Crippen molar-refractivity contribution in [3.63, 3.8) is 0 Å². The zero-order valence-corrected chi connectivity index (χ0v) is 11.2. The van der Waals surface area contributed by atoms with Crippen LogP contribution in [-0.2, 0) is 4.79 Å². The molecule has 1 aliphatic heterocycles. The van der Waals surface area contributed by atoms with Gasteiger partial charge in [-0.3, -0.25) is 4.79 Å². The van der Waals surface area contributed by atoms with Gasteiger partial charge >= 0.3 is 0 Å². The van der Waals surface area contributed by atoms with Crippen molar-refractivity contribution in [2.45, 2.75) is 60.4 Å². The molecule has 2 unspecified atom stereocenters. The second kappa shape index (κ2) is 6.86. The minimum absolute atomic E-state index is 0.152. The minimum atomic E-state index is 0.152. The predicted octanol–water partition coefficient (Wildman–Crippen LogP) is 3.32. The molecule has 1 fully saturated rings. The molecule has 2 heteroatoms. The van der Waals surface area contributed by atoms with Crippen LogP contribution in [0.4, 0.5) is 0 Å². The molecule has 1 rings (SSSR count). The molecule has 1 amide bonds. The van der Waals surface area contributed by atoms with Crippen LogP contribution in [0.2, 0.25) is 0 Å². The lowest BCUT2D eigenvalue weighted by molar-refractivity contribution is -0.135. The summed E-state index contributed by atoms with van der Waals surface area (Å²) in [5.74, 6) is 1.17. The van der Waals surface area contributed by atoms with Crippen molar-refractivity contribution in [3.05, 3.63) is 0 Å². The Bertz CT molecular complexity index is 189. The van der Waals surface area contributed by atoms with Crippen molar-refractivity contribution in [2.75, 3.05) is 6.54 Å². The Hall–Kier alpha value is -0.530. The molecule has 0 aromatic rings. The molecule has 0 radical (unpaired) electrons.